The predicted molar refractivity (Wildman–Crippen MR) is 69.6 cm³/mol. The van der Waals surface area contributed by atoms with E-state index in [-0.39, 0.29) is 23.4 Å². The highest BCUT2D eigenvalue weighted by molar-refractivity contribution is 5.77. The van der Waals surface area contributed by atoms with Crippen molar-refractivity contribution in [2.45, 2.75) is 45.6 Å². The fourth-order valence-corrected chi connectivity index (χ4v) is 2.84. The third-order valence-corrected chi connectivity index (χ3v) is 4.09. The lowest BCUT2D eigenvalue weighted by molar-refractivity contribution is -0.143. The van der Waals surface area contributed by atoms with Crippen LogP contribution in [0.1, 0.15) is 40.0 Å². The second kappa shape index (κ2) is 4.69. The van der Waals surface area contributed by atoms with Gasteiger partial charge in [0, 0.05) is 13.1 Å². The number of rotatable bonds is 1. The monoisotopic (exact) mass is 269 g/mol. The summed E-state index contributed by atoms with van der Waals surface area (Å²) in [6.07, 6.45) is 2.39. The first-order valence-electron chi connectivity index (χ1n) is 6.83. The van der Waals surface area contributed by atoms with Gasteiger partial charge in [0.05, 0.1) is 13.0 Å². The number of esters is 1. The molecule has 1 amide bonds. The summed E-state index contributed by atoms with van der Waals surface area (Å²) in [4.78, 5) is 25.2. The molecule has 1 spiro atoms. The quantitative estimate of drug-likeness (QED) is 0.685. The van der Waals surface area contributed by atoms with Gasteiger partial charge in [-0.05, 0) is 45.4 Å². The van der Waals surface area contributed by atoms with Crippen molar-refractivity contribution in [1.82, 2.24) is 4.90 Å². The smallest absolute Gasteiger partial charge is 0.410 e. The van der Waals surface area contributed by atoms with Crippen molar-refractivity contribution in [2.75, 3.05) is 20.2 Å². The molecule has 19 heavy (non-hydrogen) atoms. The molecule has 0 aromatic heterocycles. The first-order chi connectivity index (χ1) is 8.77. The van der Waals surface area contributed by atoms with E-state index in [0.29, 0.717) is 13.1 Å². The number of hydrogen-bond donors (Lipinski definition) is 0. The molecule has 2 aliphatic rings. The minimum atomic E-state index is -0.458. The Hall–Kier alpha value is -1.26. The van der Waals surface area contributed by atoms with E-state index in [2.05, 4.69) is 0 Å². The molecule has 5 nitrogen and oxygen atoms in total. The van der Waals surface area contributed by atoms with E-state index in [1.54, 1.807) is 4.90 Å². The number of likely N-dealkylation sites (tertiary alicyclic amines) is 1. The lowest BCUT2D eigenvalue weighted by Crippen LogP contribution is -2.42. The Labute approximate surface area is 114 Å². The van der Waals surface area contributed by atoms with Gasteiger partial charge in [0.1, 0.15) is 5.60 Å². The maximum absolute atomic E-state index is 11.9. The van der Waals surface area contributed by atoms with Crippen LogP contribution in [0.4, 0.5) is 4.79 Å². The number of nitrogens with zero attached hydrogens (tertiary/aromatic N) is 1. The van der Waals surface area contributed by atoms with E-state index in [0.717, 1.165) is 19.3 Å². The van der Waals surface area contributed by atoms with Gasteiger partial charge in [-0.1, -0.05) is 0 Å². The van der Waals surface area contributed by atoms with E-state index < -0.39 is 5.60 Å². The SMILES string of the molecule is COC(=O)[C@H]1CC12CCN(C(=O)OC(C)(C)C)CC2. The predicted octanol–water partition coefficient (Wildman–Crippen LogP) is 2.20. The molecule has 0 bridgehead atoms. The molecule has 0 aromatic carbocycles. The van der Waals surface area contributed by atoms with Gasteiger partial charge in [0.25, 0.3) is 0 Å². The second-order valence-corrected chi connectivity index (χ2v) is 6.61. The fraction of sp³-hybridized carbons (Fsp3) is 0.857. The van der Waals surface area contributed by atoms with Crippen LogP contribution in [0, 0.1) is 11.3 Å². The molecule has 1 heterocycles. The summed E-state index contributed by atoms with van der Waals surface area (Å²) in [6, 6.07) is 0. The van der Waals surface area contributed by atoms with Crippen LogP contribution < -0.4 is 0 Å². The number of methoxy groups -OCH3 is 1. The minimum absolute atomic E-state index is 0.0401. The summed E-state index contributed by atoms with van der Waals surface area (Å²) < 4.78 is 10.2. The zero-order chi connectivity index (χ0) is 14.3. The Balaban J connectivity index is 1.84. The Morgan fingerprint density at radius 1 is 1.21 bits per heavy atom. The summed E-state index contributed by atoms with van der Waals surface area (Å²) >= 11 is 0. The first-order valence-corrected chi connectivity index (χ1v) is 6.83. The van der Waals surface area contributed by atoms with Crippen molar-refractivity contribution in [3.05, 3.63) is 0 Å². The normalized spacial score (nSPS) is 25.1. The number of piperidine rings is 1. The number of carbonyl (C=O) groups is 2. The van der Waals surface area contributed by atoms with Crippen LogP contribution in [0.2, 0.25) is 0 Å². The molecule has 0 radical (unpaired) electrons. The van der Waals surface area contributed by atoms with Gasteiger partial charge in [-0.15, -0.1) is 0 Å². The third-order valence-electron chi connectivity index (χ3n) is 4.09. The van der Waals surface area contributed by atoms with Crippen molar-refractivity contribution in [1.29, 1.82) is 0 Å². The number of carbonyl (C=O) groups excluding carboxylic acids is 2. The summed E-state index contributed by atoms with van der Waals surface area (Å²) in [5.74, 6) is -0.0657. The Kier molecular flexibility index (Phi) is 3.49. The van der Waals surface area contributed by atoms with Crippen molar-refractivity contribution in [2.24, 2.45) is 11.3 Å². The zero-order valence-electron chi connectivity index (χ0n) is 12.2. The standard InChI is InChI=1S/C14H23NO4/c1-13(2,3)19-12(17)15-7-5-14(6-8-15)9-10(14)11(16)18-4/h10H,5-9H2,1-4H3/t10-/m1/s1. The summed E-state index contributed by atoms with van der Waals surface area (Å²) in [7, 11) is 1.43. The molecule has 1 atom stereocenters. The topological polar surface area (TPSA) is 55.8 Å². The average Bonchev–Trinajstić information content (AvgIpc) is 3.01. The van der Waals surface area contributed by atoms with Gasteiger partial charge in [0.2, 0.25) is 0 Å². The fourth-order valence-electron chi connectivity index (χ4n) is 2.84. The maximum Gasteiger partial charge on any atom is 0.410 e. The molecule has 1 saturated heterocycles. The molecule has 0 aromatic rings. The van der Waals surface area contributed by atoms with Crippen LogP contribution >= 0.6 is 0 Å². The zero-order valence-corrected chi connectivity index (χ0v) is 12.2. The van der Waals surface area contributed by atoms with Gasteiger partial charge >= 0.3 is 12.1 Å². The van der Waals surface area contributed by atoms with Gasteiger partial charge < -0.3 is 14.4 Å². The van der Waals surface area contributed by atoms with Gasteiger partial charge in [-0.25, -0.2) is 4.79 Å². The van der Waals surface area contributed by atoms with Crippen LogP contribution in [0.15, 0.2) is 0 Å². The Morgan fingerprint density at radius 2 is 1.79 bits per heavy atom. The number of amides is 1. The highest BCUT2D eigenvalue weighted by Crippen LogP contribution is 2.59. The summed E-state index contributed by atoms with van der Waals surface area (Å²) in [5, 5.41) is 0. The van der Waals surface area contributed by atoms with E-state index in [9.17, 15) is 9.59 Å². The van der Waals surface area contributed by atoms with E-state index >= 15 is 0 Å². The highest BCUT2D eigenvalue weighted by Gasteiger charge is 2.59. The van der Waals surface area contributed by atoms with Crippen molar-refractivity contribution in [3.63, 3.8) is 0 Å². The molecule has 108 valence electrons. The van der Waals surface area contributed by atoms with Crippen LogP contribution in [-0.2, 0) is 14.3 Å². The third kappa shape index (κ3) is 3.01. The number of hydrogen-bond acceptors (Lipinski definition) is 4. The summed E-state index contributed by atoms with van der Waals surface area (Å²) in [5.41, 5.74) is -0.369. The Morgan fingerprint density at radius 3 is 2.26 bits per heavy atom. The average molecular weight is 269 g/mol. The largest absolute Gasteiger partial charge is 0.469 e. The number of ether oxygens (including phenoxy) is 2. The Bertz CT molecular complexity index is 377. The molecule has 2 rings (SSSR count). The van der Waals surface area contributed by atoms with Crippen molar-refractivity contribution >= 4 is 12.1 Å². The van der Waals surface area contributed by atoms with Gasteiger partial charge in [-0.3, -0.25) is 4.79 Å². The molecular weight excluding hydrogens is 246 g/mol. The van der Waals surface area contributed by atoms with Crippen LogP contribution in [0.3, 0.4) is 0 Å². The van der Waals surface area contributed by atoms with Gasteiger partial charge in [-0.2, -0.15) is 0 Å². The molecular formula is C14H23NO4. The molecule has 1 aliphatic carbocycles. The lowest BCUT2D eigenvalue weighted by atomic mass is 9.91. The first kappa shape index (κ1) is 14.2. The summed E-state index contributed by atoms with van der Waals surface area (Å²) in [6.45, 7) is 6.93. The minimum Gasteiger partial charge on any atom is -0.469 e. The van der Waals surface area contributed by atoms with E-state index in [1.807, 2.05) is 20.8 Å². The molecule has 5 heteroatoms. The molecule has 0 unspecified atom stereocenters. The van der Waals surface area contributed by atoms with Crippen LogP contribution in [0.5, 0.6) is 0 Å². The van der Waals surface area contributed by atoms with Gasteiger partial charge in [0.15, 0.2) is 0 Å². The molecule has 1 aliphatic heterocycles. The second-order valence-electron chi connectivity index (χ2n) is 6.61. The van der Waals surface area contributed by atoms with E-state index in [1.165, 1.54) is 7.11 Å². The van der Waals surface area contributed by atoms with Crippen molar-refractivity contribution in [3.8, 4) is 0 Å². The lowest BCUT2D eigenvalue weighted by Gasteiger charge is -2.34. The van der Waals surface area contributed by atoms with Crippen LogP contribution in [-0.4, -0.2) is 42.8 Å². The van der Waals surface area contributed by atoms with Crippen molar-refractivity contribution < 1.29 is 19.1 Å². The maximum atomic E-state index is 11.9. The molecule has 0 N–H and O–H groups in total. The van der Waals surface area contributed by atoms with E-state index in [4.69, 9.17) is 9.47 Å². The highest BCUT2D eigenvalue weighted by atomic mass is 16.6. The molecule has 2 fully saturated rings. The molecule has 1 saturated carbocycles. The van der Waals surface area contributed by atoms with Crippen LogP contribution in [0.25, 0.3) is 0 Å².